The lowest BCUT2D eigenvalue weighted by Crippen LogP contribution is -2.60. The average molecular weight is 184 g/mol. The minimum atomic E-state index is -0.294. The van der Waals surface area contributed by atoms with E-state index in [0.717, 1.165) is 19.4 Å². The summed E-state index contributed by atoms with van der Waals surface area (Å²) in [7, 11) is 0. The lowest BCUT2D eigenvalue weighted by Gasteiger charge is -2.52. The van der Waals surface area contributed by atoms with Crippen molar-refractivity contribution in [1.82, 2.24) is 4.90 Å². The third kappa shape index (κ3) is 1.52. The summed E-state index contributed by atoms with van der Waals surface area (Å²) in [5.41, 5.74) is 5.38. The SMILES string of the molecule is CC1(C)CCCN(C(N)=O)C1(C)C. The van der Waals surface area contributed by atoms with Gasteiger partial charge in [0, 0.05) is 12.1 Å². The van der Waals surface area contributed by atoms with Crippen molar-refractivity contribution in [2.75, 3.05) is 6.54 Å². The van der Waals surface area contributed by atoms with Crippen molar-refractivity contribution < 1.29 is 4.79 Å². The summed E-state index contributed by atoms with van der Waals surface area (Å²) in [6, 6.07) is -0.294. The smallest absolute Gasteiger partial charge is 0.315 e. The molecule has 1 rings (SSSR count). The van der Waals surface area contributed by atoms with Gasteiger partial charge in [0.25, 0.3) is 0 Å². The Morgan fingerprint density at radius 1 is 1.31 bits per heavy atom. The molecule has 0 aromatic carbocycles. The van der Waals surface area contributed by atoms with Crippen LogP contribution < -0.4 is 5.73 Å². The van der Waals surface area contributed by atoms with Crippen molar-refractivity contribution in [3.8, 4) is 0 Å². The molecule has 1 aliphatic heterocycles. The zero-order valence-electron chi connectivity index (χ0n) is 9.05. The highest BCUT2D eigenvalue weighted by molar-refractivity contribution is 5.73. The summed E-state index contributed by atoms with van der Waals surface area (Å²) in [5.74, 6) is 0. The van der Waals surface area contributed by atoms with Gasteiger partial charge in [-0.25, -0.2) is 4.79 Å². The van der Waals surface area contributed by atoms with E-state index >= 15 is 0 Å². The number of likely N-dealkylation sites (tertiary alicyclic amines) is 1. The van der Waals surface area contributed by atoms with Crippen molar-refractivity contribution in [2.24, 2.45) is 11.1 Å². The zero-order chi connectivity index (χ0) is 10.3. The van der Waals surface area contributed by atoms with Gasteiger partial charge in [0.2, 0.25) is 0 Å². The largest absolute Gasteiger partial charge is 0.351 e. The Morgan fingerprint density at radius 2 is 1.85 bits per heavy atom. The molecule has 3 nitrogen and oxygen atoms in total. The van der Waals surface area contributed by atoms with E-state index < -0.39 is 0 Å². The Hall–Kier alpha value is -0.730. The van der Waals surface area contributed by atoms with Crippen molar-refractivity contribution in [3.63, 3.8) is 0 Å². The predicted octanol–water partition coefficient (Wildman–Crippen LogP) is 1.97. The van der Waals surface area contributed by atoms with Crippen LogP contribution in [0.3, 0.4) is 0 Å². The highest BCUT2D eigenvalue weighted by atomic mass is 16.2. The van der Waals surface area contributed by atoms with Gasteiger partial charge in [-0.2, -0.15) is 0 Å². The first-order valence-electron chi connectivity index (χ1n) is 4.86. The first kappa shape index (κ1) is 10.4. The van der Waals surface area contributed by atoms with Crippen LogP contribution in [0.15, 0.2) is 0 Å². The maximum absolute atomic E-state index is 11.2. The quantitative estimate of drug-likeness (QED) is 0.614. The Kier molecular flexibility index (Phi) is 2.30. The molecule has 0 radical (unpaired) electrons. The molecule has 1 aliphatic rings. The number of carbonyl (C=O) groups excluding carboxylic acids is 1. The van der Waals surface area contributed by atoms with Gasteiger partial charge in [-0.05, 0) is 32.1 Å². The molecule has 0 spiro atoms. The van der Waals surface area contributed by atoms with E-state index in [1.807, 2.05) is 0 Å². The molecule has 0 atom stereocenters. The van der Waals surface area contributed by atoms with Gasteiger partial charge in [-0.15, -0.1) is 0 Å². The van der Waals surface area contributed by atoms with E-state index in [1.54, 1.807) is 4.90 Å². The van der Waals surface area contributed by atoms with Crippen molar-refractivity contribution in [1.29, 1.82) is 0 Å². The van der Waals surface area contributed by atoms with Crippen LogP contribution >= 0.6 is 0 Å². The molecule has 0 unspecified atom stereocenters. The van der Waals surface area contributed by atoms with E-state index in [-0.39, 0.29) is 17.0 Å². The Balaban J connectivity index is 2.94. The third-order valence-electron chi connectivity index (χ3n) is 3.78. The number of carbonyl (C=O) groups is 1. The van der Waals surface area contributed by atoms with Gasteiger partial charge in [-0.3, -0.25) is 0 Å². The Morgan fingerprint density at radius 3 is 2.23 bits per heavy atom. The third-order valence-corrected chi connectivity index (χ3v) is 3.78. The topological polar surface area (TPSA) is 46.3 Å². The minimum Gasteiger partial charge on any atom is -0.351 e. The highest BCUT2D eigenvalue weighted by Crippen LogP contribution is 2.42. The van der Waals surface area contributed by atoms with Gasteiger partial charge < -0.3 is 10.6 Å². The lowest BCUT2D eigenvalue weighted by molar-refractivity contribution is 0.00137. The van der Waals surface area contributed by atoms with Gasteiger partial charge >= 0.3 is 6.03 Å². The summed E-state index contributed by atoms with van der Waals surface area (Å²) < 4.78 is 0. The standard InChI is InChI=1S/C10H20N2O/c1-9(2)6-5-7-12(8(11)13)10(9,3)4/h5-7H2,1-4H3,(H2,11,13). The maximum Gasteiger partial charge on any atom is 0.315 e. The van der Waals surface area contributed by atoms with Crippen LogP contribution in [0, 0.1) is 5.41 Å². The van der Waals surface area contributed by atoms with E-state index in [1.165, 1.54) is 0 Å². The van der Waals surface area contributed by atoms with Gasteiger partial charge in [0.05, 0.1) is 0 Å². The van der Waals surface area contributed by atoms with Crippen LogP contribution in [0.5, 0.6) is 0 Å². The van der Waals surface area contributed by atoms with E-state index in [2.05, 4.69) is 27.7 Å². The number of hydrogen-bond acceptors (Lipinski definition) is 1. The van der Waals surface area contributed by atoms with Gasteiger partial charge in [-0.1, -0.05) is 13.8 Å². The average Bonchev–Trinajstić information content (AvgIpc) is 1.94. The van der Waals surface area contributed by atoms with Crippen LogP contribution in [-0.2, 0) is 0 Å². The molecular weight excluding hydrogens is 164 g/mol. The number of hydrogen-bond donors (Lipinski definition) is 1. The number of urea groups is 1. The van der Waals surface area contributed by atoms with E-state index in [4.69, 9.17) is 5.73 Å². The fraction of sp³-hybridized carbons (Fsp3) is 0.900. The molecule has 2 amide bonds. The van der Waals surface area contributed by atoms with Crippen molar-refractivity contribution in [3.05, 3.63) is 0 Å². The fourth-order valence-corrected chi connectivity index (χ4v) is 2.02. The molecule has 1 fully saturated rings. The maximum atomic E-state index is 11.2. The van der Waals surface area contributed by atoms with Crippen molar-refractivity contribution in [2.45, 2.75) is 46.1 Å². The zero-order valence-corrected chi connectivity index (χ0v) is 9.05. The number of nitrogens with zero attached hydrogens (tertiary/aromatic N) is 1. The van der Waals surface area contributed by atoms with Crippen LogP contribution in [0.1, 0.15) is 40.5 Å². The van der Waals surface area contributed by atoms with Gasteiger partial charge in [0.1, 0.15) is 0 Å². The summed E-state index contributed by atoms with van der Waals surface area (Å²) in [6.07, 6.45) is 2.21. The van der Waals surface area contributed by atoms with Crippen LogP contribution in [-0.4, -0.2) is 23.0 Å². The van der Waals surface area contributed by atoms with E-state index in [0.29, 0.717) is 0 Å². The Bertz CT molecular complexity index is 221. The number of piperidine rings is 1. The fourth-order valence-electron chi connectivity index (χ4n) is 2.02. The van der Waals surface area contributed by atoms with E-state index in [9.17, 15) is 4.79 Å². The Labute approximate surface area is 80.3 Å². The second kappa shape index (κ2) is 2.89. The monoisotopic (exact) mass is 184 g/mol. The second-order valence-electron chi connectivity index (χ2n) is 5.04. The number of primary amides is 1. The molecule has 0 aliphatic carbocycles. The molecule has 2 N–H and O–H groups in total. The second-order valence-corrected chi connectivity index (χ2v) is 5.04. The predicted molar refractivity (Wildman–Crippen MR) is 53.4 cm³/mol. The molecular formula is C10H20N2O. The minimum absolute atomic E-state index is 0.128. The normalized spacial score (nSPS) is 25.7. The number of rotatable bonds is 0. The molecule has 0 saturated carbocycles. The summed E-state index contributed by atoms with van der Waals surface area (Å²) in [4.78, 5) is 13.0. The molecule has 0 bridgehead atoms. The first-order valence-corrected chi connectivity index (χ1v) is 4.86. The van der Waals surface area contributed by atoms with Crippen LogP contribution in [0.4, 0.5) is 4.79 Å². The van der Waals surface area contributed by atoms with Crippen molar-refractivity contribution >= 4 is 6.03 Å². The molecule has 0 aromatic heterocycles. The van der Waals surface area contributed by atoms with Crippen LogP contribution in [0.2, 0.25) is 0 Å². The summed E-state index contributed by atoms with van der Waals surface area (Å²) in [5, 5.41) is 0. The lowest BCUT2D eigenvalue weighted by atomic mass is 9.68. The number of nitrogens with two attached hydrogens (primary N) is 1. The van der Waals surface area contributed by atoms with Gasteiger partial charge in [0.15, 0.2) is 0 Å². The highest BCUT2D eigenvalue weighted by Gasteiger charge is 2.45. The first-order chi connectivity index (χ1) is 5.79. The molecule has 1 heterocycles. The molecule has 13 heavy (non-hydrogen) atoms. The molecule has 3 heteroatoms. The molecule has 76 valence electrons. The number of amides is 2. The molecule has 1 saturated heterocycles. The van der Waals surface area contributed by atoms with Crippen LogP contribution in [0.25, 0.3) is 0 Å². The summed E-state index contributed by atoms with van der Waals surface area (Å²) in [6.45, 7) is 9.38. The molecule has 0 aromatic rings. The summed E-state index contributed by atoms with van der Waals surface area (Å²) >= 11 is 0.